The molecule has 0 atom stereocenters. The van der Waals surface area contributed by atoms with Crippen molar-refractivity contribution in [2.45, 2.75) is 13.5 Å². The summed E-state index contributed by atoms with van der Waals surface area (Å²) in [5, 5.41) is 16.1. The van der Waals surface area contributed by atoms with E-state index < -0.39 is 5.97 Å². The fourth-order valence-corrected chi connectivity index (χ4v) is 1.54. The molecule has 0 spiro atoms. The second-order valence-corrected chi connectivity index (χ2v) is 3.71. The number of nitrogens with two attached hydrogens (primary N) is 1. The van der Waals surface area contributed by atoms with E-state index in [1.165, 1.54) is 4.68 Å². The number of rotatable bonds is 3. The quantitative estimate of drug-likeness (QED) is 0.820. The van der Waals surface area contributed by atoms with Gasteiger partial charge in [0.2, 0.25) is 5.69 Å². The molecule has 3 N–H and O–H groups in total. The molecule has 0 amide bonds. The van der Waals surface area contributed by atoms with Crippen molar-refractivity contribution in [2.75, 3.05) is 5.73 Å². The SMILES string of the molecule is Cc1ccccc1Cn1nnc(C(=O)O)c1N. The summed E-state index contributed by atoms with van der Waals surface area (Å²) in [4.78, 5) is 10.8. The van der Waals surface area contributed by atoms with Gasteiger partial charge in [-0.1, -0.05) is 29.5 Å². The second kappa shape index (κ2) is 4.25. The first kappa shape index (κ1) is 11.1. The summed E-state index contributed by atoms with van der Waals surface area (Å²) in [7, 11) is 0. The lowest BCUT2D eigenvalue weighted by Crippen LogP contribution is -2.09. The Morgan fingerprint density at radius 1 is 1.47 bits per heavy atom. The van der Waals surface area contributed by atoms with Gasteiger partial charge in [0.05, 0.1) is 6.54 Å². The molecule has 0 aliphatic rings. The third kappa shape index (κ3) is 2.10. The van der Waals surface area contributed by atoms with E-state index in [1.54, 1.807) is 0 Å². The zero-order valence-corrected chi connectivity index (χ0v) is 9.29. The van der Waals surface area contributed by atoms with Gasteiger partial charge in [-0.15, -0.1) is 5.10 Å². The first-order chi connectivity index (χ1) is 8.09. The van der Waals surface area contributed by atoms with Gasteiger partial charge in [-0.25, -0.2) is 9.48 Å². The topological polar surface area (TPSA) is 94.0 Å². The zero-order chi connectivity index (χ0) is 12.4. The number of nitrogen functional groups attached to an aromatic ring is 1. The number of carbonyl (C=O) groups is 1. The number of nitrogens with zero attached hydrogens (tertiary/aromatic N) is 3. The van der Waals surface area contributed by atoms with Gasteiger partial charge in [0.25, 0.3) is 0 Å². The molecular weight excluding hydrogens is 220 g/mol. The summed E-state index contributed by atoms with van der Waals surface area (Å²) in [6.45, 7) is 2.39. The van der Waals surface area contributed by atoms with Crippen LogP contribution in [0.2, 0.25) is 0 Å². The van der Waals surface area contributed by atoms with Gasteiger partial charge in [-0.05, 0) is 18.1 Å². The Balaban J connectivity index is 2.31. The summed E-state index contributed by atoms with van der Waals surface area (Å²) in [5.41, 5.74) is 7.57. The molecule has 2 rings (SSSR count). The number of aryl methyl sites for hydroxylation is 1. The van der Waals surface area contributed by atoms with E-state index in [0.29, 0.717) is 6.54 Å². The molecule has 2 aromatic rings. The van der Waals surface area contributed by atoms with E-state index in [-0.39, 0.29) is 11.5 Å². The van der Waals surface area contributed by atoms with Crippen molar-refractivity contribution < 1.29 is 9.90 Å². The largest absolute Gasteiger partial charge is 0.476 e. The highest BCUT2D eigenvalue weighted by Crippen LogP contribution is 2.13. The standard InChI is InChI=1S/C11H12N4O2/c1-7-4-2-3-5-8(7)6-15-10(12)9(11(16)17)13-14-15/h2-5H,6,12H2,1H3,(H,16,17). The predicted octanol–water partition coefficient (Wildman–Crippen LogP) is 0.915. The van der Waals surface area contributed by atoms with Crippen molar-refractivity contribution in [3.63, 3.8) is 0 Å². The number of benzene rings is 1. The van der Waals surface area contributed by atoms with Crippen LogP contribution in [0.3, 0.4) is 0 Å². The molecule has 88 valence electrons. The summed E-state index contributed by atoms with van der Waals surface area (Å²) >= 11 is 0. The van der Waals surface area contributed by atoms with Crippen molar-refractivity contribution in [3.05, 3.63) is 41.1 Å². The molecule has 1 aromatic heterocycles. The Morgan fingerprint density at radius 2 is 2.18 bits per heavy atom. The van der Waals surface area contributed by atoms with Crippen LogP contribution in [0, 0.1) is 6.92 Å². The van der Waals surface area contributed by atoms with E-state index in [4.69, 9.17) is 10.8 Å². The van der Waals surface area contributed by atoms with Crippen LogP contribution < -0.4 is 5.73 Å². The van der Waals surface area contributed by atoms with Crippen LogP contribution in [0.25, 0.3) is 0 Å². The van der Waals surface area contributed by atoms with E-state index in [1.807, 2.05) is 31.2 Å². The highest BCUT2D eigenvalue weighted by molar-refractivity contribution is 5.90. The molecule has 0 radical (unpaired) electrons. The Hall–Kier alpha value is -2.37. The molecule has 6 heteroatoms. The molecule has 0 unspecified atom stereocenters. The monoisotopic (exact) mass is 232 g/mol. The van der Waals surface area contributed by atoms with Gasteiger partial charge >= 0.3 is 5.97 Å². The first-order valence-corrected chi connectivity index (χ1v) is 5.06. The van der Waals surface area contributed by atoms with E-state index >= 15 is 0 Å². The maximum Gasteiger partial charge on any atom is 0.360 e. The Labute approximate surface area is 97.7 Å². The smallest absolute Gasteiger partial charge is 0.360 e. The fourth-order valence-electron chi connectivity index (χ4n) is 1.54. The normalized spacial score (nSPS) is 10.4. The highest BCUT2D eigenvalue weighted by Gasteiger charge is 2.16. The van der Waals surface area contributed by atoms with Gasteiger partial charge in [-0.2, -0.15) is 0 Å². The van der Waals surface area contributed by atoms with Gasteiger partial charge in [0.1, 0.15) is 0 Å². The van der Waals surface area contributed by atoms with Crippen molar-refractivity contribution >= 4 is 11.8 Å². The van der Waals surface area contributed by atoms with Crippen molar-refractivity contribution in [1.82, 2.24) is 15.0 Å². The highest BCUT2D eigenvalue weighted by atomic mass is 16.4. The molecule has 0 bridgehead atoms. The minimum absolute atomic E-state index is 0.0701. The Bertz CT molecular complexity index is 562. The van der Waals surface area contributed by atoms with Crippen LogP contribution >= 0.6 is 0 Å². The second-order valence-electron chi connectivity index (χ2n) is 3.71. The molecule has 17 heavy (non-hydrogen) atoms. The maximum absolute atomic E-state index is 10.8. The molecule has 6 nitrogen and oxygen atoms in total. The average molecular weight is 232 g/mol. The van der Waals surface area contributed by atoms with Crippen LogP contribution in [-0.2, 0) is 6.54 Å². The van der Waals surface area contributed by atoms with Gasteiger partial charge < -0.3 is 10.8 Å². The van der Waals surface area contributed by atoms with Gasteiger partial charge in [-0.3, -0.25) is 0 Å². The number of aromatic carboxylic acids is 1. The molecule has 0 aliphatic carbocycles. The molecular formula is C11H12N4O2. The van der Waals surface area contributed by atoms with Crippen molar-refractivity contribution in [2.24, 2.45) is 0 Å². The minimum Gasteiger partial charge on any atom is -0.476 e. The number of anilines is 1. The molecule has 0 fully saturated rings. The van der Waals surface area contributed by atoms with Crippen LogP contribution in [0.4, 0.5) is 5.82 Å². The number of hydrogen-bond acceptors (Lipinski definition) is 4. The molecule has 1 heterocycles. The zero-order valence-electron chi connectivity index (χ0n) is 9.29. The van der Waals surface area contributed by atoms with E-state index in [0.717, 1.165) is 11.1 Å². The fraction of sp³-hybridized carbons (Fsp3) is 0.182. The molecule has 0 aliphatic heterocycles. The summed E-state index contributed by atoms with van der Waals surface area (Å²) in [5.74, 6) is -1.10. The lowest BCUT2D eigenvalue weighted by Gasteiger charge is -2.06. The van der Waals surface area contributed by atoms with Crippen LogP contribution in [0.5, 0.6) is 0 Å². The van der Waals surface area contributed by atoms with Crippen LogP contribution in [0.15, 0.2) is 24.3 Å². The predicted molar refractivity (Wildman–Crippen MR) is 61.7 cm³/mol. The van der Waals surface area contributed by atoms with Crippen molar-refractivity contribution in [3.8, 4) is 0 Å². The van der Waals surface area contributed by atoms with E-state index in [2.05, 4.69) is 10.3 Å². The summed E-state index contributed by atoms with van der Waals surface area (Å²) in [6.07, 6.45) is 0. The Kier molecular flexibility index (Phi) is 2.78. The number of carboxylic acids is 1. The number of aromatic nitrogens is 3. The van der Waals surface area contributed by atoms with Crippen LogP contribution in [-0.4, -0.2) is 26.1 Å². The van der Waals surface area contributed by atoms with Crippen LogP contribution in [0.1, 0.15) is 21.6 Å². The number of carboxylic acid groups (broad SMARTS) is 1. The lowest BCUT2D eigenvalue weighted by molar-refractivity contribution is 0.0691. The molecule has 1 aromatic carbocycles. The minimum atomic E-state index is -1.17. The number of hydrogen-bond donors (Lipinski definition) is 2. The van der Waals surface area contributed by atoms with Crippen molar-refractivity contribution in [1.29, 1.82) is 0 Å². The first-order valence-electron chi connectivity index (χ1n) is 5.06. The third-order valence-corrected chi connectivity index (χ3v) is 2.56. The molecule has 0 saturated carbocycles. The third-order valence-electron chi connectivity index (χ3n) is 2.56. The van der Waals surface area contributed by atoms with E-state index in [9.17, 15) is 4.79 Å². The summed E-state index contributed by atoms with van der Waals surface area (Å²) < 4.78 is 1.38. The average Bonchev–Trinajstić information content (AvgIpc) is 2.64. The maximum atomic E-state index is 10.8. The van der Waals surface area contributed by atoms with Gasteiger partial charge in [0.15, 0.2) is 5.82 Å². The summed E-state index contributed by atoms with van der Waals surface area (Å²) in [6, 6.07) is 7.76. The molecule has 0 saturated heterocycles. The lowest BCUT2D eigenvalue weighted by atomic mass is 10.1. The van der Waals surface area contributed by atoms with Gasteiger partial charge in [0, 0.05) is 0 Å². The Morgan fingerprint density at radius 3 is 2.76 bits per heavy atom.